The number of nitrogens with zero attached hydrogens (tertiary/aromatic N) is 3. The molecule has 1 amide bonds. The van der Waals surface area contributed by atoms with Crippen LogP contribution in [0.4, 0.5) is 0 Å². The number of fused-ring (bicyclic) bond motifs is 1. The SMILES string of the molecule is COc1ccc2ccccc2c1/C=N/NC(=O)CN1CCN(S(=O)(=O)c2ccc(C)cc2)CC1. The van der Waals surface area contributed by atoms with E-state index in [0.717, 1.165) is 21.9 Å². The second-order valence-corrected chi connectivity index (χ2v) is 10.1. The number of methoxy groups -OCH3 is 1. The Morgan fingerprint density at radius 1 is 1.03 bits per heavy atom. The first-order chi connectivity index (χ1) is 16.4. The van der Waals surface area contributed by atoms with Gasteiger partial charge in [0.05, 0.1) is 24.8 Å². The second-order valence-electron chi connectivity index (χ2n) is 8.19. The van der Waals surface area contributed by atoms with E-state index in [1.54, 1.807) is 37.6 Å². The van der Waals surface area contributed by atoms with Crippen molar-refractivity contribution in [3.63, 3.8) is 0 Å². The van der Waals surface area contributed by atoms with Gasteiger partial charge in [-0.3, -0.25) is 9.69 Å². The quantitative estimate of drug-likeness (QED) is 0.415. The number of carbonyl (C=O) groups is 1. The number of rotatable bonds is 7. The van der Waals surface area contributed by atoms with E-state index in [1.165, 1.54) is 4.31 Å². The minimum Gasteiger partial charge on any atom is -0.496 e. The summed E-state index contributed by atoms with van der Waals surface area (Å²) in [6, 6.07) is 18.6. The molecule has 3 aromatic carbocycles. The molecule has 1 fully saturated rings. The van der Waals surface area contributed by atoms with Crippen LogP contribution in [0, 0.1) is 6.92 Å². The van der Waals surface area contributed by atoms with E-state index < -0.39 is 10.0 Å². The summed E-state index contributed by atoms with van der Waals surface area (Å²) in [6.45, 7) is 3.67. The van der Waals surface area contributed by atoms with Crippen molar-refractivity contribution < 1.29 is 17.9 Å². The molecule has 0 aromatic heterocycles. The van der Waals surface area contributed by atoms with Gasteiger partial charge >= 0.3 is 0 Å². The number of carbonyl (C=O) groups excluding carboxylic acids is 1. The largest absolute Gasteiger partial charge is 0.496 e. The van der Waals surface area contributed by atoms with Gasteiger partial charge in [-0.05, 0) is 35.9 Å². The van der Waals surface area contributed by atoms with Crippen molar-refractivity contribution in [3.05, 3.63) is 71.8 Å². The number of hydrazone groups is 1. The molecular weight excluding hydrogens is 452 g/mol. The Morgan fingerprint density at radius 2 is 1.74 bits per heavy atom. The van der Waals surface area contributed by atoms with Crippen molar-refractivity contribution in [2.45, 2.75) is 11.8 Å². The third kappa shape index (κ3) is 5.27. The maximum absolute atomic E-state index is 12.8. The van der Waals surface area contributed by atoms with E-state index in [1.807, 2.05) is 48.2 Å². The summed E-state index contributed by atoms with van der Waals surface area (Å²) in [5.74, 6) is 0.410. The molecule has 0 radical (unpaired) electrons. The number of piperazine rings is 1. The minimum absolute atomic E-state index is 0.141. The highest BCUT2D eigenvalue weighted by Crippen LogP contribution is 2.26. The first kappa shape index (κ1) is 23.9. The summed E-state index contributed by atoms with van der Waals surface area (Å²) >= 11 is 0. The summed E-state index contributed by atoms with van der Waals surface area (Å²) in [6.07, 6.45) is 1.59. The van der Waals surface area contributed by atoms with E-state index in [9.17, 15) is 13.2 Å². The Labute approximate surface area is 199 Å². The van der Waals surface area contributed by atoms with Gasteiger partial charge in [0.1, 0.15) is 5.75 Å². The fourth-order valence-corrected chi connectivity index (χ4v) is 5.40. The lowest BCUT2D eigenvalue weighted by Crippen LogP contribution is -2.50. The molecule has 0 bridgehead atoms. The van der Waals surface area contributed by atoms with Crippen LogP contribution < -0.4 is 10.2 Å². The number of hydrogen-bond acceptors (Lipinski definition) is 6. The first-order valence-electron chi connectivity index (χ1n) is 11.1. The van der Waals surface area contributed by atoms with Crippen LogP contribution >= 0.6 is 0 Å². The predicted octanol–water partition coefficient (Wildman–Crippen LogP) is 2.61. The van der Waals surface area contributed by atoms with E-state index in [-0.39, 0.29) is 12.5 Å². The van der Waals surface area contributed by atoms with Crippen molar-refractivity contribution in [3.8, 4) is 5.75 Å². The second kappa shape index (κ2) is 10.3. The molecule has 4 rings (SSSR count). The molecule has 0 saturated carbocycles. The molecule has 0 aliphatic carbocycles. The molecule has 1 aliphatic heterocycles. The van der Waals surface area contributed by atoms with Gasteiger partial charge in [0.25, 0.3) is 5.91 Å². The highest BCUT2D eigenvalue weighted by Gasteiger charge is 2.28. The van der Waals surface area contributed by atoms with Crippen molar-refractivity contribution in [1.29, 1.82) is 0 Å². The fraction of sp³-hybridized carbons (Fsp3) is 0.280. The summed E-state index contributed by atoms with van der Waals surface area (Å²) in [5, 5.41) is 6.16. The monoisotopic (exact) mass is 480 g/mol. The topological polar surface area (TPSA) is 91.3 Å². The Hall–Kier alpha value is -3.27. The molecule has 1 N–H and O–H groups in total. The summed E-state index contributed by atoms with van der Waals surface area (Å²) in [5.41, 5.74) is 4.37. The maximum atomic E-state index is 12.8. The Balaban J connectivity index is 1.33. The van der Waals surface area contributed by atoms with Gasteiger partial charge in [0, 0.05) is 31.7 Å². The van der Waals surface area contributed by atoms with Gasteiger partial charge in [-0.15, -0.1) is 0 Å². The zero-order valence-corrected chi connectivity index (χ0v) is 20.1. The van der Waals surface area contributed by atoms with Crippen LogP contribution in [0.15, 0.2) is 70.7 Å². The Bertz CT molecular complexity index is 1300. The fourth-order valence-electron chi connectivity index (χ4n) is 3.98. The van der Waals surface area contributed by atoms with Gasteiger partial charge in [-0.2, -0.15) is 9.41 Å². The molecule has 1 heterocycles. The molecule has 1 aliphatic rings. The van der Waals surface area contributed by atoms with Crippen molar-refractivity contribution in [1.82, 2.24) is 14.6 Å². The molecule has 3 aromatic rings. The first-order valence-corrected chi connectivity index (χ1v) is 12.5. The normalized spacial score (nSPS) is 15.6. The highest BCUT2D eigenvalue weighted by molar-refractivity contribution is 7.89. The van der Waals surface area contributed by atoms with Gasteiger partial charge < -0.3 is 4.74 Å². The molecule has 34 heavy (non-hydrogen) atoms. The third-order valence-electron chi connectivity index (χ3n) is 5.89. The number of sulfonamides is 1. The molecule has 8 nitrogen and oxygen atoms in total. The van der Waals surface area contributed by atoms with Gasteiger partial charge in [-0.1, -0.05) is 48.0 Å². The van der Waals surface area contributed by atoms with Crippen LogP contribution in [-0.4, -0.2) is 69.6 Å². The molecule has 1 saturated heterocycles. The number of hydrogen-bond donors (Lipinski definition) is 1. The number of ether oxygens (including phenoxy) is 1. The molecule has 178 valence electrons. The third-order valence-corrected chi connectivity index (χ3v) is 7.80. The Morgan fingerprint density at radius 3 is 2.44 bits per heavy atom. The van der Waals surface area contributed by atoms with Crippen LogP contribution in [0.25, 0.3) is 10.8 Å². The van der Waals surface area contributed by atoms with Crippen LogP contribution in [0.5, 0.6) is 5.75 Å². The van der Waals surface area contributed by atoms with E-state index in [2.05, 4.69) is 10.5 Å². The van der Waals surface area contributed by atoms with Crippen molar-refractivity contribution >= 4 is 32.9 Å². The lowest BCUT2D eigenvalue weighted by atomic mass is 10.0. The van der Waals surface area contributed by atoms with E-state index in [4.69, 9.17) is 4.74 Å². The molecular formula is C25H28N4O4S. The number of aryl methyl sites for hydroxylation is 1. The van der Waals surface area contributed by atoms with Crippen molar-refractivity contribution in [2.24, 2.45) is 5.10 Å². The molecule has 9 heteroatoms. The maximum Gasteiger partial charge on any atom is 0.254 e. The average Bonchev–Trinajstić information content (AvgIpc) is 2.84. The van der Waals surface area contributed by atoms with E-state index in [0.29, 0.717) is 36.8 Å². The van der Waals surface area contributed by atoms with E-state index >= 15 is 0 Å². The Kier molecular flexibility index (Phi) is 7.26. The van der Waals surface area contributed by atoms with Crippen LogP contribution in [0.2, 0.25) is 0 Å². The van der Waals surface area contributed by atoms with Crippen LogP contribution in [0.1, 0.15) is 11.1 Å². The highest BCUT2D eigenvalue weighted by atomic mass is 32.2. The number of amides is 1. The summed E-state index contributed by atoms with van der Waals surface area (Å²) in [4.78, 5) is 14.6. The lowest BCUT2D eigenvalue weighted by molar-refractivity contribution is -0.122. The summed E-state index contributed by atoms with van der Waals surface area (Å²) in [7, 11) is -1.93. The standard InChI is InChI=1S/C25H28N4O4S/c1-19-7-10-21(11-8-19)34(31,32)29-15-13-28(14-16-29)18-25(30)27-26-17-23-22-6-4-3-5-20(22)9-12-24(23)33-2/h3-12,17H,13-16,18H2,1-2H3,(H,27,30)/b26-17+. The summed E-state index contributed by atoms with van der Waals surface area (Å²) < 4.78 is 32.6. The van der Waals surface area contributed by atoms with Gasteiger partial charge in [0.2, 0.25) is 10.0 Å². The average molecular weight is 481 g/mol. The lowest BCUT2D eigenvalue weighted by Gasteiger charge is -2.33. The number of benzene rings is 3. The zero-order valence-electron chi connectivity index (χ0n) is 19.3. The zero-order chi connectivity index (χ0) is 24.1. The van der Waals surface area contributed by atoms with Crippen LogP contribution in [-0.2, 0) is 14.8 Å². The molecule has 0 unspecified atom stereocenters. The van der Waals surface area contributed by atoms with Crippen LogP contribution in [0.3, 0.4) is 0 Å². The molecule has 0 atom stereocenters. The smallest absolute Gasteiger partial charge is 0.254 e. The van der Waals surface area contributed by atoms with Gasteiger partial charge in [0.15, 0.2) is 0 Å². The number of nitrogens with one attached hydrogen (secondary N) is 1. The molecule has 0 spiro atoms. The minimum atomic E-state index is -3.53. The van der Waals surface area contributed by atoms with Crippen molar-refractivity contribution in [2.75, 3.05) is 39.8 Å². The predicted molar refractivity (Wildman–Crippen MR) is 133 cm³/mol. The van der Waals surface area contributed by atoms with Gasteiger partial charge in [-0.25, -0.2) is 13.8 Å².